The van der Waals surface area contributed by atoms with E-state index in [1.807, 2.05) is 11.8 Å². The Labute approximate surface area is 49.0 Å². The van der Waals surface area contributed by atoms with E-state index in [0.717, 1.165) is 5.25 Å². The van der Waals surface area contributed by atoms with Gasteiger partial charge in [-0.2, -0.15) is 11.8 Å². The first kappa shape index (κ1) is 5.23. The molecule has 0 radical (unpaired) electrons. The van der Waals surface area contributed by atoms with Gasteiger partial charge in [-0.15, -0.1) is 0 Å². The summed E-state index contributed by atoms with van der Waals surface area (Å²) >= 11 is 2.03. The number of hydrogen-bond acceptors (Lipinski definition) is 1. The molecule has 1 atom stereocenters. The Morgan fingerprint density at radius 3 is 2.71 bits per heavy atom. The predicted molar refractivity (Wildman–Crippen MR) is 35.7 cm³/mol. The van der Waals surface area contributed by atoms with Crippen LogP contribution in [0.5, 0.6) is 0 Å². The first-order valence-electron chi connectivity index (χ1n) is 2.66. The lowest BCUT2D eigenvalue weighted by atomic mass is 10.3. The van der Waals surface area contributed by atoms with Gasteiger partial charge in [-0.05, 0) is 6.42 Å². The Balaban J connectivity index is 2.32. The van der Waals surface area contributed by atoms with Crippen LogP contribution in [0, 0.1) is 0 Å². The normalized spacial score (nSPS) is 30.7. The third kappa shape index (κ3) is 1.56. The molecule has 1 aliphatic rings. The van der Waals surface area contributed by atoms with Gasteiger partial charge in [0.05, 0.1) is 0 Å². The second-order valence-corrected chi connectivity index (χ2v) is 3.32. The van der Waals surface area contributed by atoms with E-state index in [0.29, 0.717) is 0 Å². The molecule has 0 aliphatic carbocycles. The van der Waals surface area contributed by atoms with Gasteiger partial charge in [0.25, 0.3) is 0 Å². The fraction of sp³-hybridized carbons (Fsp3) is 0.667. The molecule has 0 aromatic rings. The summed E-state index contributed by atoms with van der Waals surface area (Å²) in [5, 5.41) is 0.866. The quantitative estimate of drug-likeness (QED) is 0.434. The summed E-state index contributed by atoms with van der Waals surface area (Å²) in [5.41, 5.74) is 0. The van der Waals surface area contributed by atoms with E-state index >= 15 is 0 Å². The molecule has 7 heavy (non-hydrogen) atoms. The zero-order chi connectivity index (χ0) is 5.11. The monoisotopic (exact) mass is 114 g/mol. The second-order valence-electron chi connectivity index (χ2n) is 1.85. The maximum atomic E-state index is 2.27. The van der Waals surface area contributed by atoms with Crippen molar-refractivity contribution in [1.29, 1.82) is 0 Å². The molecule has 1 aliphatic heterocycles. The van der Waals surface area contributed by atoms with Gasteiger partial charge in [-0.1, -0.05) is 19.1 Å². The molecule has 0 aromatic carbocycles. The van der Waals surface area contributed by atoms with Crippen LogP contribution < -0.4 is 0 Å². The molecular weight excluding hydrogens is 104 g/mol. The lowest BCUT2D eigenvalue weighted by molar-refractivity contribution is 0.970. The van der Waals surface area contributed by atoms with Crippen molar-refractivity contribution >= 4 is 11.8 Å². The fourth-order valence-corrected chi connectivity index (χ4v) is 1.47. The summed E-state index contributed by atoms with van der Waals surface area (Å²) < 4.78 is 0. The summed E-state index contributed by atoms with van der Waals surface area (Å²) in [5.74, 6) is 1.22. The molecule has 40 valence electrons. The van der Waals surface area contributed by atoms with Gasteiger partial charge in [0.1, 0.15) is 0 Å². The van der Waals surface area contributed by atoms with Gasteiger partial charge < -0.3 is 0 Å². The van der Waals surface area contributed by atoms with Crippen molar-refractivity contribution in [2.75, 3.05) is 5.75 Å². The Hall–Kier alpha value is 0.0900. The van der Waals surface area contributed by atoms with E-state index in [4.69, 9.17) is 0 Å². The van der Waals surface area contributed by atoms with Gasteiger partial charge in [-0.3, -0.25) is 0 Å². The predicted octanol–water partition coefficient (Wildman–Crippen LogP) is 2.07. The minimum atomic E-state index is 0.866. The molecule has 0 saturated heterocycles. The van der Waals surface area contributed by atoms with E-state index in [2.05, 4.69) is 19.1 Å². The lowest BCUT2D eigenvalue weighted by Gasteiger charge is -2.09. The topological polar surface area (TPSA) is 0 Å². The van der Waals surface area contributed by atoms with Crippen LogP contribution in [0.25, 0.3) is 0 Å². The molecule has 1 heteroatoms. The SMILES string of the molecule is CC1CC=CCS1. The molecule has 0 fully saturated rings. The zero-order valence-corrected chi connectivity index (χ0v) is 5.37. The minimum Gasteiger partial charge on any atom is -0.154 e. The summed E-state index contributed by atoms with van der Waals surface area (Å²) in [6, 6.07) is 0. The van der Waals surface area contributed by atoms with Crippen LogP contribution in [0.1, 0.15) is 13.3 Å². The second kappa shape index (κ2) is 2.41. The average Bonchev–Trinajstić information content (AvgIpc) is 1.69. The highest BCUT2D eigenvalue weighted by molar-refractivity contribution is 8.00. The van der Waals surface area contributed by atoms with Gasteiger partial charge >= 0.3 is 0 Å². The molecule has 1 heterocycles. The number of allylic oxidation sites excluding steroid dienone is 1. The highest BCUT2D eigenvalue weighted by atomic mass is 32.2. The Morgan fingerprint density at radius 1 is 1.57 bits per heavy atom. The van der Waals surface area contributed by atoms with Crippen LogP contribution in [0.2, 0.25) is 0 Å². The van der Waals surface area contributed by atoms with Crippen molar-refractivity contribution in [2.24, 2.45) is 0 Å². The maximum Gasteiger partial charge on any atom is 0.0116 e. The molecule has 0 spiro atoms. The van der Waals surface area contributed by atoms with Crippen LogP contribution in [0.15, 0.2) is 12.2 Å². The molecular formula is C6H10S. The maximum absolute atomic E-state index is 2.27. The largest absolute Gasteiger partial charge is 0.154 e. The van der Waals surface area contributed by atoms with Crippen molar-refractivity contribution < 1.29 is 0 Å². The Morgan fingerprint density at radius 2 is 2.43 bits per heavy atom. The van der Waals surface area contributed by atoms with Crippen molar-refractivity contribution in [3.8, 4) is 0 Å². The number of hydrogen-bond donors (Lipinski definition) is 0. The Bertz CT molecular complexity index is 76.2. The molecule has 1 rings (SSSR count). The molecule has 1 unspecified atom stereocenters. The molecule has 0 amide bonds. The number of thioether (sulfide) groups is 1. The van der Waals surface area contributed by atoms with Crippen molar-refractivity contribution in [1.82, 2.24) is 0 Å². The Kier molecular flexibility index (Phi) is 1.80. The van der Waals surface area contributed by atoms with Crippen LogP contribution >= 0.6 is 11.8 Å². The van der Waals surface area contributed by atoms with Gasteiger partial charge in [-0.25, -0.2) is 0 Å². The first-order valence-corrected chi connectivity index (χ1v) is 3.71. The molecule has 0 nitrogen and oxygen atoms in total. The van der Waals surface area contributed by atoms with Crippen LogP contribution in [-0.4, -0.2) is 11.0 Å². The smallest absolute Gasteiger partial charge is 0.0116 e. The third-order valence-electron chi connectivity index (χ3n) is 1.11. The van der Waals surface area contributed by atoms with E-state index in [9.17, 15) is 0 Å². The average molecular weight is 114 g/mol. The van der Waals surface area contributed by atoms with E-state index in [-0.39, 0.29) is 0 Å². The third-order valence-corrected chi connectivity index (χ3v) is 2.26. The minimum absolute atomic E-state index is 0.866. The van der Waals surface area contributed by atoms with Gasteiger partial charge in [0.15, 0.2) is 0 Å². The van der Waals surface area contributed by atoms with Crippen molar-refractivity contribution in [3.05, 3.63) is 12.2 Å². The van der Waals surface area contributed by atoms with Gasteiger partial charge in [0, 0.05) is 11.0 Å². The van der Waals surface area contributed by atoms with Crippen LogP contribution in [0.4, 0.5) is 0 Å². The van der Waals surface area contributed by atoms with Gasteiger partial charge in [0.2, 0.25) is 0 Å². The zero-order valence-electron chi connectivity index (χ0n) is 4.55. The van der Waals surface area contributed by atoms with Crippen molar-refractivity contribution in [3.63, 3.8) is 0 Å². The fourth-order valence-electron chi connectivity index (χ4n) is 0.644. The van der Waals surface area contributed by atoms with E-state index in [1.165, 1.54) is 12.2 Å². The number of rotatable bonds is 0. The van der Waals surface area contributed by atoms with E-state index in [1.54, 1.807) is 0 Å². The molecule has 0 aromatic heterocycles. The summed E-state index contributed by atoms with van der Waals surface area (Å²) in [6.45, 7) is 2.27. The standard InChI is InChI=1S/C6H10S/c1-6-4-2-3-5-7-6/h2-3,6H,4-5H2,1H3. The van der Waals surface area contributed by atoms with E-state index < -0.39 is 0 Å². The summed E-state index contributed by atoms with van der Waals surface area (Å²) in [7, 11) is 0. The van der Waals surface area contributed by atoms with Crippen LogP contribution in [-0.2, 0) is 0 Å². The highest BCUT2D eigenvalue weighted by Crippen LogP contribution is 2.18. The van der Waals surface area contributed by atoms with Crippen LogP contribution in [0.3, 0.4) is 0 Å². The van der Waals surface area contributed by atoms with Crippen molar-refractivity contribution in [2.45, 2.75) is 18.6 Å². The summed E-state index contributed by atoms with van der Waals surface area (Å²) in [4.78, 5) is 0. The highest BCUT2D eigenvalue weighted by Gasteiger charge is 2.00. The molecule has 0 N–H and O–H groups in total. The lowest BCUT2D eigenvalue weighted by Crippen LogP contribution is -1.97. The first-order chi connectivity index (χ1) is 3.39. The summed E-state index contributed by atoms with van der Waals surface area (Å²) in [6.07, 6.45) is 5.77. The molecule has 0 bridgehead atoms. The molecule has 0 saturated carbocycles.